The lowest BCUT2D eigenvalue weighted by Gasteiger charge is -2.18. The first-order valence-electron chi connectivity index (χ1n) is 7.57. The zero-order valence-corrected chi connectivity index (χ0v) is 12.9. The van der Waals surface area contributed by atoms with Gasteiger partial charge in [0.05, 0.1) is 11.2 Å². The van der Waals surface area contributed by atoms with Gasteiger partial charge in [-0.25, -0.2) is 4.52 Å². The first kappa shape index (κ1) is 14.3. The maximum atomic E-state index is 12.3. The molecule has 0 aliphatic heterocycles. The van der Waals surface area contributed by atoms with E-state index in [-0.39, 0.29) is 5.91 Å². The number of rotatable bonds is 4. The number of aromatic nitrogens is 2. The summed E-state index contributed by atoms with van der Waals surface area (Å²) >= 11 is 0. The van der Waals surface area contributed by atoms with Crippen LogP contribution in [-0.4, -0.2) is 33.5 Å². The van der Waals surface area contributed by atoms with E-state index in [4.69, 9.17) is 0 Å². The van der Waals surface area contributed by atoms with Crippen molar-refractivity contribution in [2.24, 2.45) is 0 Å². The Morgan fingerprint density at radius 1 is 1.09 bits per heavy atom. The molecular formula is C18H19N3O. The van der Waals surface area contributed by atoms with Gasteiger partial charge in [0.15, 0.2) is 0 Å². The highest BCUT2D eigenvalue weighted by atomic mass is 16.2. The van der Waals surface area contributed by atoms with Crippen molar-refractivity contribution < 1.29 is 4.79 Å². The Balaban J connectivity index is 1.89. The van der Waals surface area contributed by atoms with Crippen LogP contribution in [0.4, 0.5) is 0 Å². The summed E-state index contributed by atoms with van der Waals surface area (Å²) in [5, 5.41) is 4.55. The number of hydrogen-bond acceptors (Lipinski definition) is 2. The summed E-state index contributed by atoms with van der Waals surface area (Å²) in [5.41, 5.74) is 3.70. The average Bonchev–Trinajstić information content (AvgIpc) is 3.00. The highest BCUT2D eigenvalue weighted by Gasteiger charge is 2.12. The van der Waals surface area contributed by atoms with Gasteiger partial charge >= 0.3 is 0 Å². The maximum absolute atomic E-state index is 12.3. The average molecular weight is 293 g/mol. The van der Waals surface area contributed by atoms with E-state index in [1.54, 1.807) is 0 Å². The Bertz CT molecular complexity index is 752. The number of carbonyl (C=O) groups is 1. The topological polar surface area (TPSA) is 37.6 Å². The molecule has 22 heavy (non-hydrogen) atoms. The highest BCUT2D eigenvalue weighted by molar-refractivity contribution is 5.94. The van der Waals surface area contributed by atoms with E-state index in [0.717, 1.165) is 35.4 Å². The molecule has 4 nitrogen and oxygen atoms in total. The predicted molar refractivity (Wildman–Crippen MR) is 87.9 cm³/mol. The minimum absolute atomic E-state index is 0.0755. The van der Waals surface area contributed by atoms with E-state index in [9.17, 15) is 4.79 Å². The molecular weight excluding hydrogens is 274 g/mol. The Morgan fingerprint density at radius 2 is 1.82 bits per heavy atom. The molecule has 3 aromatic rings. The summed E-state index contributed by atoms with van der Waals surface area (Å²) in [7, 11) is 0. The van der Waals surface area contributed by atoms with Crippen molar-refractivity contribution in [2.75, 3.05) is 13.1 Å². The van der Waals surface area contributed by atoms with Crippen LogP contribution in [0.15, 0.2) is 54.7 Å². The molecule has 0 spiro atoms. The van der Waals surface area contributed by atoms with Crippen LogP contribution in [0.2, 0.25) is 0 Å². The molecule has 0 fully saturated rings. The molecule has 0 saturated heterocycles. The fourth-order valence-corrected chi connectivity index (χ4v) is 2.56. The molecule has 2 heterocycles. The lowest BCUT2D eigenvalue weighted by molar-refractivity contribution is 0.0773. The van der Waals surface area contributed by atoms with Gasteiger partial charge in [-0.05, 0) is 44.2 Å². The summed E-state index contributed by atoms with van der Waals surface area (Å²) in [5.74, 6) is 0.0755. The molecule has 112 valence electrons. The van der Waals surface area contributed by atoms with Gasteiger partial charge in [0.2, 0.25) is 0 Å². The van der Waals surface area contributed by atoms with Gasteiger partial charge < -0.3 is 4.90 Å². The molecule has 0 unspecified atom stereocenters. The molecule has 0 N–H and O–H groups in total. The van der Waals surface area contributed by atoms with E-state index in [2.05, 4.69) is 5.10 Å². The van der Waals surface area contributed by atoms with E-state index in [1.165, 1.54) is 0 Å². The van der Waals surface area contributed by atoms with Gasteiger partial charge in [-0.3, -0.25) is 4.79 Å². The van der Waals surface area contributed by atoms with Crippen molar-refractivity contribution in [3.05, 3.63) is 60.3 Å². The number of fused-ring (bicyclic) bond motifs is 1. The van der Waals surface area contributed by atoms with Crippen LogP contribution >= 0.6 is 0 Å². The Hall–Kier alpha value is -2.62. The normalized spacial score (nSPS) is 10.8. The zero-order valence-electron chi connectivity index (χ0n) is 12.9. The molecule has 4 heteroatoms. The molecule has 1 aromatic carbocycles. The van der Waals surface area contributed by atoms with Gasteiger partial charge in [0.25, 0.3) is 5.91 Å². The third-order valence-electron chi connectivity index (χ3n) is 3.85. The standard InChI is InChI=1S/C18H19N3O/c1-3-20(4-2)18(22)15-10-8-14(9-11-15)17-13-16-7-5-6-12-21(16)19-17/h5-13H,3-4H2,1-2H3. The number of benzene rings is 1. The number of amides is 1. The van der Waals surface area contributed by atoms with Crippen LogP contribution in [0.3, 0.4) is 0 Å². The van der Waals surface area contributed by atoms with Crippen LogP contribution < -0.4 is 0 Å². The van der Waals surface area contributed by atoms with Crippen molar-refractivity contribution in [3.63, 3.8) is 0 Å². The fraction of sp³-hybridized carbons (Fsp3) is 0.222. The quantitative estimate of drug-likeness (QED) is 0.738. The summed E-state index contributed by atoms with van der Waals surface area (Å²) in [6.07, 6.45) is 1.93. The first-order valence-corrected chi connectivity index (χ1v) is 7.57. The number of carbonyl (C=O) groups excluding carboxylic acids is 1. The first-order chi connectivity index (χ1) is 10.7. The lowest BCUT2D eigenvalue weighted by Crippen LogP contribution is -2.30. The van der Waals surface area contributed by atoms with Crippen molar-refractivity contribution in [1.29, 1.82) is 0 Å². The molecule has 0 saturated carbocycles. The van der Waals surface area contributed by atoms with Gasteiger partial charge in [-0.1, -0.05) is 18.2 Å². The molecule has 0 radical (unpaired) electrons. The minimum atomic E-state index is 0.0755. The summed E-state index contributed by atoms with van der Waals surface area (Å²) in [6.45, 7) is 5.44. The molecule has 0 atom stereocenters. The van der Waals surface area contributed by atoms with Gasteiger partial charge in [0.1, 0.15) is 0 Å². The van der Waals surface area contributed by atoms with Crippen molar-refractivity contribution in [1.82, 2.24) is 14.5 Å². The second-order valence-corrected chi connectivity index (χ2v) is 5.15. The highest BCUT2D eigenvalue weighted by Crippen LogP contribution is 2.20. The monoisotopic (exact) mass is 293 g/mol. The predicted octanol–water partition coefficient (Wildman–Crippen LogP) is 3.48. The molecule has 0 aliphatic rings. The summed E-state index contributed by atoms with van der Waals surface area (Å²) < 4.78 is 1.85. The zero-order chi connectivity index (χ0) is 15.5. The van der Waals surface area contributed by atoms with Gasteiger partial charge in [-0.2, -0.15) is 5.10 Å². The maximum Gasteiger partial charge on any atom is 0.253 e. The number of pyridine rings is 1. The van der Waals surface area contributed by atoms with Crippen molar-refractivity contribution in [3.8, 4) is 11.3 Å². The Kier molecular flexibility index (Phi) is 3.92. The van der Waals surface area contributed by atoms with E-state index >= 15 is 0 Å². The summed E-state index contributed by atoms with van der Waals surface area (Å²) in [6, 6.07) is 15.7. The van der Waals surface area contributed by atoms with Gasteiger partial charge in [0, 0.05) is 30.4 Å². The third-order valence-corrected chi connectivity index (χ3v) is 3.85. The molecule has 3 rings (SSSR count). The van der Waals surface area contributed by atoms with Crippen LogP contribution in [0.1, 0.15) is 24.2 Å². The van der Waals surface area contributed by atoms with Crippen LogP contribution in [-0.2, 0) is 0 Å². The Morgan fingerprint density at radius 3 is 2.45 bits per heavy atom. The van der Waals surface area contributed by atoms with E-state index in [1.807, 2.05) is 78.0 Å². The summed E-state index contributed by atoms with van der Waals surface area (Å²) in [4.78, 5) is 14.1. The number of nitrogens with zero attached hydrogens (tertiary/aromatic N) is 3. The second-order valence-electron chi connectivity index (χ2n) is 5.15. The van der Waals surface area contributed by atoms with Crippen LogP contribution in [0.5, 0.6) is 0 Å². The smallest absolute Gasteiger partial charge is 0.253 e. The van der Waals surface area contributed by atoms with Gasteiger partial charge in [-0.15, -0.1) is 0 Å². The largest absolute Gasteiger partial charge is 0.339 e. The number of hydrogen-bond donors (Lipinski definition) is 0. The molecule has 0 bridgehead atoms. The van der Waals surface area contributed by atoms with E-state index in [0.29, 0.717) is 0 Å². The second kappa shape index (κ2) is 6.02. The Labute approximate surface area is 130 Å². The van der Waals surface area contributed by atoms with Crippen molar-refractivity contribution in [2.45, 2.75) is 13.8 Å². The third kappa shape index (κ3) is 2.60. The molecule has 2 aromatic heterocycles. The fourth-order valence-electron chi connectivity index (χ4n) is 2.56. The minimum Gasteiger partial charge on any atom is -0.339 e. The van der Waals surface area contributed by atoms with E-state index < -0.39 is 0 Å². The SMILES string of the molecule is CCN(CC)C(=O)c1ccc(-c2cc3ccccn3n2)cc1. The van der Waals surface area contributed by atoms with Crippen LogP contribution in [0.25, 0.3) is 16.8 Å². The lowest BCUT2D eigenvalue weighted by atomic mass is 10.1. The molecule has 1 amide bonds. The van der Waals surface area contributed by atoms with Crippen LogP contribution in [0, 0.1) is 0 Å². The van der Waals surface area contributed by atoms with Crippen molar-refractivity contribution >= 4 is 11.4 Å². The molecule has 0 aliphatic carbocycles.